The smallest absolute Gasteiger partial charge is 0.408 e. The van der Waals surface area contributed by atoms with Crippen LogP contribution in [0.1, 0.15) is 25.0 Å². The Bertz CT molecular complexity index is 1330. The van der Waals surface area contributed by atoms with Gasteiger partial charge in [-0.25, -0.2) is 9.59 Å². The predicted octanol–water partition coefficient (Wildman–Crippen LogP) is 1.92. The zero-order valence-electron chi connectivity index (χ0n) is 20.1. The summed E-state index contributed by atoms with van der Waals surface area (Å²) in [6.45, 7) is 2.68. The van der Waals surface area contributed by atoms with E-state index in [1.165, 1.54) is 48.5 Å². The van der Waals surface area contributed by atoms with Gasteiger partial charge in [-0.1, -0.05) is 0 Å². The van der Waals surface area contributed by atoms with Gasteiger partial charge in [0.1, 0.15) is 30.7 Å². The van der Waals surface area contributed by atoms with Crippen molar-refractivity contribution >= 4 is 40.1 Å². The van der Waals surface area contributed by atoms with E-state index in [0.29, 0.717) is 11.1 Å². The molecule has 2 heterocycles. The van der Waals surface area contributed by atoms with Gasteiger partial charge in [0.25, 0.3) is 11.4 Å². The molecule has 0 bridgehead atoms. The predicted molar refractivity (Wildman–Crippen MR) is 130 cm³/mol. The van der Waals surface area contributed by atoms with E-state index in [4.69, 9.17) is 9.47 Å². The summed E-state index contributed by atoms with van der Waals surface area (Å²) < 4.78 is 22.4. The van der Waals surface area contributed by atoms with Crippen molar-refractivity contribution in [3.8, 4) is 0 Å². The van der Waals surface area contributed by atoms with Gasteiger partial charge in [-0.3, -0.25) is 29.2 Å². The van der Waals surface area contributed by atoms with Crippen molar-refractivity contribution in [3.05, 3.63) is 79.9 Å². The van der Waals surface area contributed by atoms with E-state index in [1.54, 1.807) is 13.8 Å². The summed E-state index contributed by atoms with van der Waals surface area (Å²) in [4.78, 5) is 59.6. The number of ether oxygens (including phenoxy) is 2. The van der Waals surface area contributed by atoms with Gasteiger partial charge in [-0.2, -0.15) is 0 Å². The number of β-lactam (4-membered cyclic amide) rings is 1. The lowest BCUT2D eigenvalue weighted by atomic mass is 9.96. The van der Waals surface area contributed by atoms with Crippen LogP contribution in [0.5, 0.6) is 0 Å². The average Bonchev–Trinajstić information content (AvgIpc) is 3.07. The van der Waals surface area contributed by atoms with Crippen LogP contribution in [-0.4, -0.2) is 59.1 Å². The van der Waals surface area contributed by atoms with Gasteiger partial charge < -0.3 is 19.7 Å². The number of alkyl carbamates (subject to hydrolysis) is 1. The molecule has 2 aliphatic heterocycles. The van der Waals surface area contributed by atoms with Crippen LogP contribution >= 0.6 is 0 Å². The van der Waals surface area contributed by atoms with Crippen LogP contribution < -0.4 is 5.32 Å². The van der Waals surface area contributed by atoms with Crippen molar-refractivity contribution in [2.45, 2.75) is 49.3 Å². The van der Waals surface area contributed by atoms with Gasteiger partial charge in [-0.15, -0.1) is 0 Å². The van der Waals surface area contributed by atoms with Crippen molar-refractivity contribution in [1.82, 2.24) is 10.2 Å². The van der Waals surface area contributed by atoms with Crippen molar-refractivity contribution in [2.75, 3.05) is 0 Å². The van der Waals surface area contributed by atoms with E-state index in [0.717, 1.165) is 4.90 Å². The number of nitrogens with one attached hydrogen (secondary N) is 1. The Hall–Kier alpha value is -4.40. The molecule has 2 aliphatic rings. The lowest BCUT2D eigenvalue weighted by molar-refractivity contribution is -0.385. The summed E-state index contributed by atoms with van der Waals surface area (Å²) in [5.74, 6) is -1.42. The van der Waals surface area contributed by atoms with E-state index in [1.807, 2.05) is 0 Å². The molecule has 2 aromatic carbocycles. The molecule has 0 radical (unpaired) electrons. The number of hydrogen-bond donors (Lipinski definition) is 1. The van der Waals surface area contributed by atoms with E-state index in [2.05, 4.69) is 5.32 Å². The molecular weight excluding hydrogens is 524 g/mol. The third-order valence-corrected chi connectivity index (χ3v) is 8.49. The van der Waals surface area contributed by atoms with Crippen LogP contribution in [0.15, 0.2) is 48.5 Å². The molecule has 2 aromatic rings. The van der Waals surface area contributed by atoms with Crippen LogP contribution in [0.25, 0.3) is 0 Å². The highest BCUT2D eigenvalue weighted by atomic mass is 32.2. The molecule has 0 aliphatic carbocycles. The zero-order valence-corrected chi connectivity index (χ0v) is 20.9. The van der Waals surface area contributed by atoms with Crippen molar-refractivity contribution in [1.29, 1.82) is 0 Å². The third-order valence-electron chi connectivity index (χ3n) is 6.30. The van der Waals surface area contributed by atoms with E-state index in [-0.39, 0.29) is 24.6 Å². The Labute approximate surface area is 217 Å². The number of nitro benzene ring substituents is 2. The second-order valence-corrected chi connectivity index (χ2v) is 11.2. The third kappa shape index (κ3) is 4.91. The van der Waals surface area contributed by atoms with E-state index < -0.39 is 60.8 Å². The number of hydrogen-bond acceptors (Lipinski definition) is 10. The number of non-ortho nitro benzene ring substituents is 2. The quantitative estimate of drug-likeness (QED) is 0.222. The molecule has 2 fully saturated rings. The lowest BCUT2D eigenvalue weighted by Crippen LogP contribution is -2.71. The van der Waals surface area contributed by atoms with Gasteiger partial charge in [0.15, 0.2) is 0 Å². The maximum atomic E-state index is 13.2. The van der Waals surface area contributed by atoms with Crippen molar-refractivity contribution in [2.24, 2.45) is 0 Å². The highest BCUT2D eigenvalue weighted by Gasteiger charge is 2.68. The molecule has 2 saturated heterocycles. The number of esters is 1. The largest absolute Gasteiger partial charge is 0.459 e. The van der Waals surface area contributed by atoms with E-state index >= 15 is 0 Å². The highest BCUT2D eigenvalue weighted by Crippen LogP contribution is 2.44. The first-order chi connectivity index (χ1) is 17.9. The van der Waals surface area contributed by atoms with Crippen LogP contribution in [0, 0.1) is 20.2 Å². The molecule has 0 aromatic heterocycles. The Morgan fingerprint density at radius 2 is 1.42 bits per heavy atom. The molecule has 4 rings (SSSR count). The van der Waals surface area contributed by atoms with E-state index in [9.17, 15) is 38.8 Å². The molecule has 3 unspecified atom stereocenters. The molecule has 14 nitrogen and oxygen atoms in total. The maximum Gasteiger partial charge on any atom is 0.408 e. The average molecular weight is 547 g/mol. The minimum atomic E-state index is -1.75. The van der Waals surface area contributed by atoms with Crippen LogP contribution in [0.4, 0.5) is 16.2 Å². The first-order valence-electron chi connectivity index (χ1n) is 11.2. The van der Waals surface area contributed by atoms with Crippen molar-refractivity contribution in [3.63, 3.8) is 0 Å². The Balaban J connectivity index is 1.36. The highest BCUT2D eigenvalue weighted by molar-refractivity contribution is 7.87. The molecule has 0 spiro atoms. The topological polar surface area (TPSA) is 188 Å². The number of carbonyl (C=O) groups is 3. The second kappa shape index (κ2) is 10.2. The fraction of sp³-hybridized carbons (Fsp3) is 0.348. The van der Waals surface area contributed by atoms with Gasteiger partial charge >= 0.3 is 12.1 Å². The molecule has 0 saturated carbocycles. The Morgan fingerprint density at radius 3 is 1.89 bits per heavy atom. The molecular formula is C23H22N4O10S. The van der Waals surface area contributed by atoms with Gasteiger partial charge in [0.2, 0.25) is 5.91 Å². The van der Waals surface area contributed by atoms with Crippen LogP contribution in [0.3, 0.4) is 0 Å². The summed E-state index contributed by atoms with van der Waals surface area (Å²) in [6.07, 6.45) is -0.958. The normalized spacial score (nSPS) is 23.1. The lowest BCUT2D eigenvalue weighted by Gasteiger charge is -2.43. The van der Waals surface area contributed by atoms with Crippen molar-refractivity contribution < 1.29 is 37.9 Å². The fourth-order valence-electron chi connectivity index (χ4n) is 4.25. The fourth-order valence-corrected chi connectivity index (χ4v) is 6.17. The first kappa shape index (κ1) is 26.7. The second-order valence-electron chi connectivity index (χ2n) is 9.09. The molecule has 200 valence electrons. The van der Waals surface area contributed by atoms with Gasteiger partial charge in [0.05, 0.1) is 25.4 Å². The number of nitrogens with zero attached hydrogens (tertiary/aromatic N) is 3. The number of rotatable bonds is 8. The molecule has 15 heteroatoms. The summed E-state index contributed by atoms with van der Waals surface area (Å²) in [6, 6.07) is 8.41. The van der Waals surface area contributed by atoms with Crippen LogP contribution in [0.2, 0.25) is 0 Å². The summed E-state index contributed by atoms with van der Waals surface area (Å²) in [5, 5.41) is 22.9. The molecule has 4 atom stereocenters. The first-order valence-corrected chi connectivity index (χ1v) is 12.4. The number of benzene rings is 2. The maximum absolute atomic E-state index is 13.2. The zero-order chi connectivity index (χ0) is 27.8. The monoisotopic (exact) mass is 546 g/mol. The summed E-state index contributed by atoms with van der Waals surface area (Å²) >= 11 is 0. The molecule has 38 heavy (non-hydrogen) atoms. The van der Waals surface area contributed by atoms with Gasteiger partial charge in [-0.05, 0) is 49.2 Å². The Kier molecular flexibility index (Phi) is 7.13. The Morgan fingerprint density at radius 1 is 0.947 bits per heavy atom. The molecule has 2 amide bonds. The minimum absolute atomic E-state index is 0.119. The number of nitro groups is 2. The minimum Gasteiger partial charge on any atom is -0.459 e. The molecule has 1 N–H and O–H groups in total. The van der Waals surface area contributed by atoms with Crippen LogP contribution in [-0.2, 0) is 43.1 Å². The standard InChI is InChI=1S/C23H22N4O10S/c1-23(2)18(21(29)36-11-13-3-7-15(8-4-13)26(31)32)25-19(28)17(20(25)38(23)35)24-22(30)37-12-14-5-9-16(10-6-14)27(33)34/h3-10,17-18,20H,11-12H2,1-2H3,(H,24,30)/t17?,18?,20-,38?/m1/s1. The number of carbonyl (C=O) groups excluding carboxylic acids is 3. The van der Waals surface area contributed by atoms with Gasteiger partial charge in [0, 0.05) is 24.3 Å². The SMILES string of the molecule is CC1(C)C(C(=O)OCc2ccc([N+](=O)[O-])cc2)N2C(=O)C(NC(=O)OCc3ccc([N+](=O)[O-])cc3)[C@H]2S1=O. The summed E-state index contributed by atoms with van der Waals surface area (Å²) in [7, 11) is -1.75. The number of fused-ring (bicyclic) bond motifs is 1. The number of amides is 2. The summed E-state index contributed by atoms with van der Waals surface area (Å²) in [5.41, 5.74) is 0.730.